The number of aryl methyl sites for hydroxylation is 1. The van der Waals surface area contributed by atoms with Crippen LogP contribution < -0.4 is 5.32 Å². The van der Waals surface area contributed by atoms with E-state index in [-0.39, 0.29) is 0 Å². The van der Waals surface area contributed by atoms with Crippen LogP contribution in [0.3, 0.4) is 0 Å². The van der Waals surface area contributed by atoms with Crippen LogP contribution in [-0.4, -0.2) is 30.6 Å². The fraction of sp³-hybridized carbons (Fsp3) is 0.647. The molecule has 1 aromatic carbocycles. The molecule has 2 nitrogen and oxygen atoms in total. The molecule has 2 atom stereocenters. The van der Waals surface area contributed by atoms with Gasteiger partial charge in [0.25, 0.3) is 0 Å². The first-order valence-electron chi connectivity index (χ1n) is 7.85. The third-order valence-corrected chi connectivity index (χ3v) is 5.03. The van der Waals surface area contributed by atoms with E-state index in [9.17, 15) is 0 Å². The van der Waals surface area contributed by atoms with Crippen LogP contribution in [0.5, 0.6) is 0 Å². The molecule has 1 fully saturated rings. The summed E-state index contributed by atoms with van der Waals surface area (Å²) in [5, 5.41) is 3.74. The predicted octanol–water partition coefficient (Wildman–Crippen LogP) is 4.52. The Morgan fingerprint density at radius 1 is 1.45 bits per heavy atom. The van der Waals surface area contributed by atoms with Gasteiger partial charge in [0.05, 0.1) is 0 Å². The molecule has 0 spiro atoms. The maximum Gasteiger partial charge on any atom is 0.0372 e. The molecule has 2 rings (SSSR count). The molecule has 20 heavy (non-hydrogen) atoms. The molecule has 1 aliphatic rings. The minimum Gasteiger partial charge on any atom is -0.382 e. The number of rotatable bonds is 5. The summed E-state index contributed by atoms with van der Waals surface area (Å²) >= 11 is 2.38. The second-order valence-electron chi connectivity index (χ2n) is 6.10. The van der Waals surface area contributed by atoms with E-state index in [1.54, 1.807) is 0 Å². The zero-order valence-electron chi connectivity index (χ0n) is 13.0. The number of halogens is 1. The van der Waals surface area contributed by atoms with Crippen LogP contribution in [0, 0.1) is 16.4 Å². The fourth-order valence-corrected chi connectivity index (χ4v) is 3.82. The van der Waals surface area contributed by atoms with E-state index in [1.807, 2.05) is 0 Å². The largest absolute Gasteiger partial charge is 0.382 e. The van der Waals surface area contributed by atoms with Crippen molar-refractivity contribution in [3.63, 3.8) is 0 Å². The van der Waals surface area contributed by atoms with E-state index in [1.165, 1.54) is 53.7 Å². The minimum absolute atomic E-state index is 0.549. The quantitative estimate of drug-likeness (QED) is 0.749. The first-order valence-corrected chi connectivity index (χ1v) is 8.93. The topological polar surface area (TPSA) is 15.3 Å². The second-order valence-corrected chi connectivity index (χ2v) is 7.34. The number of hydrogen-bond donors (Lipinski definition) is 1. The molecule has 2 unspecified atom stereocenters. The van der Waals surface area contributed by atoms with Gasteiger partial charge in [0.2, 0.25) is 0 Å². The van der Waals surface area contributed by atoms with Crippen molar-refractivity contribution in [2.24, 2.45) is 5.92 Å². The molecular formula is C17H27IN2. The van der Waals surface area contributed by atoms with Crippen LogP contribution in [0.4, 0.5) is 5.69 Å². The summed E-state index contributed by atoms with van der Waals surface area (Å²) in [4.78, 5) is 2.63. The van der Waals surface area contributed by atoms with Crippen LogP contribution in [-0.2, 0) is 0 Å². The van der Waals surface area contributed by atoms with Gasteiger partial charge in [-0.25, -0.2) is 0 Å². The van der Waals surface area contributed by atoms with E-state index < -0.39 is 0 Å². The second kappa shape index (κ2) is 7.64. The van der Waals surface area contributed by atoms with Crippen molar-refractivity contribution < 1.29 is 0 Å². The molecule has 1 N–H and O–H groups in total. The lowest BCUT2D eigenvalue weighted by Crippen LogP contribution is -2.42. The van der Waals surface area contributed by atoms with E-state index in [0.717, 1.165) is 5.92 Å². The average molecular weight is 386 g/mol. The Hall–Kier alpha value is -0.290. The minimum atomic E-state index is 0.549. The monoisotopic (exact) mass is 386 g/mol. The third-order valence-electron chi connectivity index (χ3n) is 4.36. The Bertz CT molecular complexity index is 431. The van der Waals surface area contributed by atoms with E-state index in [2.05, 4.69) is 71.8 Å². The van der Waals surface area contributed by atoms with Crippen molar-refractivity contribution in [2.75, 3.05) is 25.0 Å². The molecule has 112 valence electrons. The number of nitrogens with zero attached hydrogens (tertiary/aromatic N) is 1. The van der Waals surface area contributed by atoms with Gasteiger partial charge in [-0.05, 0) is 98.5 Å². The van der Waals surface area contributed by atoms with Crippen molar-refractivity contribution >= 4 is 28.3 Å². The molecule has 1 saturated heterocycles. The van der Waals surface area contributed by atoms with Gasteiger partial charge < -0.3 is 10.2 Å². The summed E-state index contributed by atoms with van der Waals surface area (Å²) < 4.78 is 1.31. The average Bonchev–Trinajstić information content (AvgIpc) is 2.42. The van der Waals surface area contributed by atoms with E-state index >= 15 is 0 Å². The lowest BCUT2D eigenvalue weighted by molar-refractivity contribution is 0.165. The lowest BCUT2D eigenvalue weighted by atomic mass is 9.91. The molecule has 0 saturated carbocycles. The number of piperidine rings is 1. The van der Waals surface area contributed by atoms with Gasteiger partial charge in [-0.15, -0.1) is 0 Å². The van der Waals surface area contributed by atoms with Gasteiger partial charge >= 0.3 is 0 Å². The van der Waals surface area contributed by atoms with Crippen molar-refractivity contribution in [2.45, 2.75) is 46.1 Å². The highest BCUT2D eigenvalue weighted by Gasteiger charge is 2.24. The zero-order chi connectivity index (χ0) is 14.5. The summed E-state index contributed by atoms with van der Waals surface area (Å²) in [6.07, 6.45) is 3.98. The van der Waals surface area contributed by atoms with Crippen molar-refractivity contribution in [3.05, 3.63) is 27.3 Å². The van der Waals surface area contributed by atoms with Gasteiger partial charge in [-0.2, -0.15) is 0 Å². The summed E-state index contributed by atoms with van der Waals surface area (Å²) in [6, 6.07) is 7.21. The van der Waals surface area contributed by atoms with Crippen molar-refractivity contribution in [1.29, 1.82) is 0 Å². The van der Waals surface area contributed by atoms with Gasteiger partial charge in [-0.3, -0.25) is 0 Å². The number of anilines is 1. The van der Waals surface area contributed by atoms with Gasteiger partial charge in [0.1, 0.15) is 0 Å². The van der Waals surface area contributed by atoms with Crippen LogP contribution in [0.1, 0.15) is 38.7 Å². The summed E-state index contributed by atoms with van der Waals surface area (Å²) in [5.74, 6) is 0.772. The van der Waals surface area contributed by atoms with E-state index in [0.29, 0.717) is 6.04 Å². The van der Waals surface area contributed by atoms with Crippen LogP contribution >= 0.6 is 22.6 Å². The Balaban J connectivity index is 1.95. The number of likely N-dealkylation sites (tertiary alicyclic amines) is 1. The maximum absolute atomic E-state index is 3.74. The highest BCUT2D eigenvalue weighted by Crippen LogP contribution is 2.24. The van der Waals surface area contributed by atoms with Gasteiger partial charge in [0.15, 0.2) is 0 Å². The van der Waals surface area contributed by atoms with Gasteiger partial charge in [0, 0.05) is 21.8 Å². The fourth-order valence-electron chi connectivity index (χ4n) is 3.17. The Morgan fingerprint density at radius 3 is 2.95 bits per heavy atom. The Labute approximate surface area is 137 Å². The molecule has 1 heterocycles. The molecule has 1 aromatic rings. The molecule has 0 amide bonds. The Morgan fingerprint density at radius 2 is 2.25 bits per heavy atom. The van der Waals surface area contributed by atoms with Gasteiger partial charge in [-0.1, -0.05) is 6.92 Å². The molecule has 0 aliphatic carbocycles. The lowest BCUT2D eigenvalue weighted by Gasteiger charge is -2.36. The SMILES string of the molecule is CCCN1CCCC(C(C)Nc2ccc(I)cc2C)C1. The highest BCUT2D eigenvalue weighted by atomic mass is 127. The molecular weight excluding hydrogens is 359 g/mol. The van der Waals surface area contributed by atoms with Crippen molar-refractivity contribution in [3.8, 4) is 0 Å². The van der Waals surface area contributed by atoms with Crippen LogP contribution in [0.2, 0.25) is 0 Å². The summed E-state index contributed by atoms with van der Waals surface area (Å²) in [5.41, 5.74) is 2.65. The van der Waals surface area contributed by atoms with Crippen molar-refractivity contribution in [1.82, 2.24) is 4.90 Å². The third kappa shape index (κ3) is 4.35. The molecule has 1 aliphatic heterocycles. The van der Waals surface area contributed by atoms with Crippen LogP contribution in [0.15, 0.2) is 18.2 Å². The van der Waals surface area contributed by atoms with E-state index in [4.69, 9.17) is 0 Å². The highest BCUT2D eigenvalue weighted by molar-refractivity contribution is 14.1. The molecule has 0 radical (unpaired) electrons. The smallest absolute Gasteiger partial charge is 0.0372 e. The summed E-state index contributed by atoms with van der Waals surface area (Å²) in [7, 11) is 0. The Kier molecular flexibility index (Phi) is 6.15. The number of benzene rings is 1. The standard InChI is InChI=1S/C17H27IN2/c1-4-9-20-10-5-6-15(12-20)14(3)19-17-8-7-16(18)11-13(17)2/h7-8,11,14-15,19H,4-6,9-10,12H2,1-3H3. The first-order chi connectivity index (χ1) is 9.60. The molecule has 3 heteroatoms. The molecule has 0 bridgehead atoms. The number of hydrogen-bond acceptors (Lipinski definition) is 2. The summed E-state index contributed by atoms with van der Waals surface area (Å²) in [6.45, 7) is 10.6. The maximum atomic E-state index is 3.74. The predicted molar refractivity (Wildman–Crippen MR) is 96.4 cm³/mol. The normalized spacial score (nSPS) is 21.7. The molecule has 0 aromatic heterocycles. The zero-order valence-corrected chi connectivity index (χ0v) is 15.1. The first kappa shape index (κ1) is 16.1. The number of nitrogens with one attached hydrogen (secondary N) is 1. The van der Waals surface area contributed by atoms with Crippen LogP contribution in [0.25, 0.3) is 0 Å².